The molecule has 2 aromatic carbocycles. The molecule has 2 aromatic rings. The van der Waals surface area contributed by atoms with Crippen LogP contribution in [-0.2, 0) is 4.79 Å². The van der Waals surface area contributed by atoms with Gasteiger partial charge in [0.25, 0.3) is 0 Å². The van der Waals surface area contributed by atoms with E-state index < -0.39 is 0 Å². The monoisotopic (exact) mass is 282 g/mol. The van der Waals surface area contributed by atoms with Gasteiger partial charge in [0.05, 0.1) is 0 Å². The summed E-state index contributed by atoms with van der Waals surface area (Å²) < 4.78 is 0. The first-order valence-corrected chi connectivity index (χ1v) is 7.21. The van der Waals surface area contributed by atoms with Crippen LogP contribution in [0.3, 0.4) is 0 Å². The molecule has 0 aliphatic heterocycles. The standard InChI is InChI=1S/C18H22N2O/c1-13-4-6-16(7-5-13)20-18(21)8-9-19-17-11-14(2)10-15(3)12-17/h4-7,10-12,19H,8-9H2,1-3H3,(H,20,21). The maximum Gasteiger partial charge on any atom is 0.226 e. The van der Waals surface area contributed by atoms with E-state index in [0.29, 0.717) is 13.0 Å². The zero-order chi connectivity index (χ0) is 15.2. The summed E-state index contributed by atoms with van der Waals surface area (Å²) in [5.74, 6) is 0.0238. The summed E-state index contributed by atoms with van der Waals surface area (Å²) in [6.45, 7) is 6.80. The van der Waals surface area contributed by atoms with Crippen LogP contribution in [-0.4, -0.2) is 12.5 Å². The van der Waals surface area contributed by atoms with E-state index in [-0.39, 0.29) is 5.91 Å². The second-order valence-corrected chi connectivity index (χ2v) is 5.47. The zero-order valence-electron chi connectivity index (χ0n) is 12.9. The van der Waals surface area contributed by atoms with Crippen LogP contribution in [0.25, 0.3) is 0 Å². The number of nitrogens with one attached hydrogen (secondary N) is 2. The third kappa shape index (κ3) is 4.95. The van der Waals surface area contributed by atoms with Crippen molar-refractivity contribution in [3.63, 3.8) is 0 Å². The Hall–Kier alpha value is -2.29. The molecular weight excluding hydrogens is 260 g/mol. The van der Waals surface area contributed by atoms with Crippen LogP contribution in [0.15, 0.2) is 42.5 Å². The lowest BCUT2D eigenvalue weighted by molar-refractivity contribution is -0.115. The molecule has 2 rings (SSSR count). The first-order valence-electron chi connectivity index (χ1n) is 7.21. The normalized spacial score (nSPS) is 10.2. The van der Waals surface area contributed by atoms with Crippen molar-refractivity contribution in [2.24, 2.45) is 0 Å². The lowest BCUT2D eigenvalue weighted by Crippen LogP contribution is -2.16. The first-order chi connectivity index (χ1) is 10.0. The van der Waals surface area contributed by atoms with E-state index in [4.69, 9.17) is 0 Å². The lowest BCUT2D eigenvalue weighted by atomic mass is 10.1. The highest BCUT2D eigenvalue weighted by atomic mass is 16.1. The topological polar surface area (TPSA) is 41.1 Å². The fraction of sp³-hybridized carbons (Fsp3) is 0.278. The SMILES string of the molecule is Cc1ccc(NC(=O)CCNc2cc(C)cc(C)c2)cc1. The minimum absolute atomic E-state index is 0.0238. The van der Waals surface area contributed by atoms with Crippen LogP contribution >= 0.6 is 0 Å². The molecule has 2 N–H and O–H groups in total. The summed E-state index contributed by atoms with van der Waals surface area (Å²) in [6, 6.07) is 14.1. The molecule has 0 aliphatic carbocycles. The van der Waals surface area contributed by atoms with E-state index in [1.54, 1.807) is 0 Å². The fourth-order valence-electron chi connectivity index (χ4n) is 2.26. The number of aryl methyl sites for hydroxylation is 3. The molecule has 0 unspecified atom stereocenters. The van der Waals surface area contributed by atoms with Crippen molar-refractivity contribution >= 4 is 17.3 Å². The van der Waals surface area contributed by atoms with Gasteiger partial charge in [-0.25, -0.2) is 0 Å². The molecule has 0 aromatic heterocycles. The van der Waals surface area contributed by atoms with Crippen molar-refractivity contribution < 1.29 is 4.79 Å². The summed E-state index contributed by atoms with van der Waals surface area (Å²) in [6.07, 6.45) is 0.445. The Bertz CT molecular complexity index is 597. The number of benzene rings is 2. The summed E-state index contributed by atoms with van der Waals surface area (Å²) in [4.78, 5) is 11.9. The Balaban J connectivity index is 1.80. The first kappa shape index (κ1) is 15.1. The highest BCUT2D eigenvalue weighted by molar-refractivity contribution is 5.90. The third-order valence-electron chi connectivity index (χ3n) is 3.24. The third-order valence-corrected chi connectivity index (χ3v) is 3.24. The molecule has 21 heavy (non-hydrogen) atoms. The van der Waals surface area contributed by atoms with E-state index in [0.717, 1.165) is 11.4 Å². The van der Waals surface area contributed by atoms with Crippen LogP contribution in [0.1, 0.15) is 23.1 Å². The summed E-state index contributed by atoms with van der Waals surface area (Å²) >= 11 is 0. The van der Waals surface area contributed by atoms with Gasteiger partial charge in [-0.15, -0.1) is 0 Å². The maximum absolute atomic E-state index is 11.9. The van der Waals surface area contributed by atoms with Crippen LogP contribution < -0.4 is 10.6 Å². The average Bonchev–Trinajstić information content (AvgIpc) is 2.40. The van der Waals surface area contributed by atoms with Gasteiger partial charge in [0.1, 0.15) is 0 Å². The molecule has 1 amide bonds. The summed E-state index contributed by atoms with van der Waals surface area (Å²) in [5.41, 5.74) is 5.54. The van der Waals surface area contributed by atoms with Crippen molar-refractivity contribution in [2.75, 3.05) is 17.2 Å². The Morgan fingerprint density at radius 2 is 1.48 bits per heavy atom. The van der Waals surface area contributed by atoms with Crippen LogP contribution in [0.2, 0.25) is 0 Å². The highest BCUT2D eigenvalue weighted by Crippen LogP contribution is 2.14. The highest BCUT2D eigenvalue weighted by Gasteiger charge is 2.02. The Kier molecular flexibility index (Phi) is 4.99. The number of rotatable bonds is 5. The number of anilines is 2. The fourth-order valence-corrected chi connectivity index (χ4v) is 2.26. The molecule has 0 spiro atoms. The molecule has 110 valence electrons. The summed E-state index contributed by atoms with van der Waals surface area (Å²) in [5, 5.41) is 6.19. The van der Waals surface area contributed by atoms with Gasteiger partial charge < -0.3 is 10.6 Å². The molecule has 0 atom stereocenters. The minimum Gasteiger partial charge on any atom is -0.385 e. The van der Waals surface area contributed by atoms with Crippen molar-refractivity contribution in [1.29, 1.82) is 0 Å². The molecule has 0 bridgehead atoms. The number of hydrogen-bond acceptors (Lipinski definition) is 2. The second-order valence-electron chi connectivity index (χ2n) is 5.47. The van der Waals surface area contributed by atoms with Crippen molar-refractivity contribution in [2.45, 2.75) is 27.2 Å². The molecule has 0 aliphatic rings. The Morgan fingerprint density at radius 3 is 2.10 bits per heavy atom. The predicted molar refractivity (Wildman–Crippen MR) is 88.8 cm³/mol. The van der Waals surface area contributed by atoms with Gasteiger partial charge in [0.2, 0.25) is 5.91 Å². The molecular formula is C18H22N2O. The van der Waals surface area contributed by atoms with Gasteiger partial charge in [0.15, 0.2) is 0 Å². The molecule has 0 saturated carbocycles. The number of amides is 1. The predicted octanol–water partition coefficient (Wildman–Crippen LogP) is 4.05. The molecule has 3 heteroatoms. The van der Waals surface area contributed by atoms with Crippen LogP contribution in [0.4, 0.5) is 11.4 Å². The average molecular weight is 282 g/mol. The van der Waals surface area contributed by atoms with Gasteiger partial charge in [-0.3, -0.25) is 4.79 Å². The molecule has 0 fully saturated rings. The van der Waals surface area contributed by atoms with Gasteiger partial charge in [-0.2, -0.15) is 0 Å². The van der Waals surface area contributed by atoms with Crippen molar-refractivity contribution in [3.8, 4) is 0 Å². The number of hydrogen-bond donors (Lipinski definition) is 2. The Morgan fingerprint density at radius 1 is 0.857 bits per heavy atom. The van der Waals surface area contributed by atoms with Crippen LogP contribution in [0, 0.1) is 20.8 Å². The van der Waals surface area contributed by atoms with Crippen molar-refractivity contribution in [3.05, 3.63) is 59.2 Å². The van der Waals surface area contributed by atoms with Crippen LogP contribution in [0.5, 0.6) is 0 Å². The Labute approximate surface area is 126 Å². The largest absolute Gasteiger partial charge is 0.385 e. The zero-order valence-corrected chi connectivity index (χ0v) is 12.9. The maximum atomic E-state index is 11.9. The smallest absolute Gasteiger partial charge is 0.226 e. The van der Waals surface area contributed by atoms with E-state index in [1.807, 2.05) is 31.2 Å². The van der Waals surface area contributed by atoms with Gasteiger partial charge in [-0.05, 0) is 56.2 Å². The summed E-state index contributed by atoms with van der Waals surface area (Å²) in [7, 11) is 0. The van der Waals surface area contributed by atoms with E-state index in [1.165, 1.54) is 16.7 Å². The van der Waals surface area contributed by atoms with Gasteiger partial charge in [-0.1, -0.05) is 23.8 Å². The molecule has 0 saturated heterocycles. The van der Waals surface area contributed by atoms with Gasteiger partial charge >= 0.3 is 0 Å². The van der Waals surface area contributed by atoms with E-state index >= 15 is 0 Å². The number of carbonyl (C=O) groups is 1. The second kappa shape index (κ2) is 6.93. The lowest BCUT2D eigenvalue weighted by Gasteiger charge is -2.09. The molecule has 0 radical (unpaired) electrons. The van der Waals surface area contributed by atoms with E-state index in [9.17, 15) is 4.79 Å². The quantitative estimate of drug-likeness (QED) is 0.868. The van der Waals surface area contributed by atoms with Gasteiger partial charge in [0, 0.05) is 24.3 Å². The number of carbonyl (C=O) groups excluding carboxylic acids is 1. The minimum atomic E-state index is 0.0238. The molecule has 0 heterocycles. The molecule has 3 nitrogen and oxygen atoms in total. The van der Waals surface area contributed by atoms with E-state index in [2.05, 4.69) is 42.7 Å². The van der Waals surface area contributed by atoms with Crippen molar-refractivity contribution in [1.82, 2.24) is 0 Å².